The van der Waals surface area contributed by atoms with Crippen LogP contribution < -0.4 is 15.2 Å². The molecule has 4 aliphatic heterocycles. The van der Waals surface area contributed by atoms with Gasteiger partial charge < -0.3 is 57.2 Å². The van der Waals surface area contributed by atoms with Gasteiger partial charge in [0.2, 0.25) is 0 Å². The van der Waals surface area contributed by atoms with E-state index < -0.39 is 32.8 Å². The number of hydrogen-bond acceptors (Lipinski definition) is 17. The van der Waals surface area contributed by atoms with Crippen molar-refractivity contribution in [3.63, 3.8) is 0 Å². The lowest BCUT2D eigenvalue weighted by Gasteiger charge is -2.39. The van der Waals surface area contributed by atoms with Crippen molar-refractivity contribution >= 4 is 84.3 Å². The predicted octanol–water partition coefficient (Wildman–Crippen LogP) is 17.6. The van der Waals surface area contributed by atoms with Crippen LogP contribution in [0, 0.1) is 5.92 Å². The average Bonchev–Trinajstić information content (AvgIpc) is 1.61. The number of aromatic nitrogens is 6. The number of nitrogens with two attached hydrogens (primary N) is 1. The Labute approximate surface area is 620 Å². The van der Waals surface area contributed by atoms with Crippen molar-refractivity contribution in [3.8, 4) is 34.5 Å². The molecule has 8 heterocycles. The molecule has 8 atom stereocenters. The molecule has 6 aromatic rings. The number of hydrogen-bond donors (Lipinski definition) is 1. The molecular weight excluding hydrogens is 1400 g/mol. The molecule has 2 N–H and O–H groups in total. The van der Waals surface area contributed by atoms with Gasteiger partial charge in [0.15, 0.2) is 40.1 Å². The molecule has 0 unspecified atom stereocenters. The van der Waals surface area contributed by atoms with Gasteiger partial charge in [-0.25, -0.2) is 9.97 Å². The van der Waals surface area contributed by atoms with Gasteiger partial charge in [-0.15, -0.1) is 0 Å². The molecular formula is C77H117Cl2N7O12Si4. The lowest BCUT2D eigenvalue weighted by atomic mass is 9.77. The van der Waals surface area contributed by atoms with Crippen LogP contribution in [0.1, 0.15) is 136 Å². The Balaban J connectivity index is 0.000000206. The molecule has 4 saturated heterocycles. The summed E-state index contributed by atoms with van der Waals surface area (Å²) in [6.07, 6.45) is 7.25. The van der Waals surface area contributed by atoms with Crippen molar-refractivity contribution < 1.29 is 56.3 Å². The summed E-state index contributed by atoms with van der Waals surface area (Å²) in [5.74, 6) is 1.33. The standard InChI is InChI=1S/C41H62ClN3O7Si2.C36H55ClN4O5Si2/c1-26(2)50-35(46)21-27-11-13-28(14-12-27)29-15-17-30(18-16-29)36-31(42)22-32-39(44-36)45(25-47-19-20-53(6,7)8)40(43-32)51-33-23-48-38-34(24-49-37(33)38)52-54(9,10)41(3,4)5;1-36(2,3)48(7,8)46-30-21-44-32-29(20-43-33(30)32)45-35-39-28-19-27(37)31(40-34(28)41(35)22-42-17-18-47(4,5)6)25-11-9-23(10-12-25)24-13-15-26(38)16-14-24/h15-18,22,26-28,33-34,37-38H,11-14,19-21,23-25H2,1-10H3;9-12,19,24,26,29-30,32-33H,13-18,20-22,38H2,1-8H3/t27?,28?,33-,34-,37-,38-;24?,26?,29-,30-,32-,33-/m11/s1. The summed E-state index contributed by atoms with van der Waals surface area (Å²) in [6.45, 7) is 44.0. The van der Waals surface area contributed by atoms with Crippen molar-refractivity contribution in [1.29, 1.82) is 0 Å². The van der Waals surface area contributed by atoms with Crippen LogP contribution in [0.3, 0.4) is 0 Å². The number of carbonyl (C=O) groups is 1. The van der Waals surface area contributed by atoms with E-state index >= 15 is 0 Å². The van der Waals surface area contributed by atoms with Crippen LogP contribution in [-0.4, -0.2) is 168 Å². The molecule has 0 radical (unpaired) electrons. The summed E-state index contributed by atoms with van der Waals surface area (Å²) < 4.78 is 73.6. The molecule has 2 aliphatic carbocycles. The zero-order chi connectivity index (χ0) is 73.4. The average molecular weight is 1520 g/mol. The summed E-state index contributed by atoms with van der Waals surface area (Å²) in [6, 6.07) is 24.3. The number of fused-ring (bicyclic) bond motifs is 4. The molecule has 12 rings (SSSR count). The van der Waals surface area contributed by atoms with E-state index in [-0.39, 0.29) is 84.4 Å². The Bertz CT molecular complexity index is 3800. The van der Waals surface area contributed by atoms with Crippen LogP contribution in [0.25, 0.3) is 44.8 Å². The van der Waals surface area contributed by atoms with E-state index in [1.54, 1.807) is 0 Å². The minimum absolute atomic E-state index is 0.0660. The number of benzene rings is 2. The predicted molar refractivity (Wildman–Crippen MR) is 416 cm³/mol. The molecule has 2 aromatic carbocycles. The number of pyridine rings is 2. The molecule has 0 bridgehead atoms. The number of halogens is 2. The molecule has 102 heavy (non-hydrogen) atoms. The molecule has 562 valence electrons. The van der Waals surface area contributed by atoms with Gasteiger partial charge in [-0.05, 0) is 155 Å². The molecule has 6 fully saturated rings. The quantitative estimate of drug-likeness (QED) is 0.0321. The van der Waals surface area contributed by atoms with E-state index in [9.17, 15) is 4.79 Å². The highest BCUT2D eigenvalue weighted by Crippen LogP contribution is 2.45. The smallest absolute Gasteiger partial charge is 0.306 e. The minimum atomic E-state index is -2.02. The number of nitrogens with zero attached hydrogens (tertiary/aromatic N) is 6. The molecule has 25 heteroatoms. The summed E-state index contributed by atoms with van der Waals surface area (Å²) in [7, 11) is -6.58. The van der Waals surface area contributed by atoms with Crippen LogP contribution in [-0.2, 0) is 60.3 Å². The van der Waals surface area contributed by atoms with E-state index in [0.717, 1.165) is 74.6 Å². The number of esters is 1. The van der Waals surface area contributed by atoms with Crippen LogP contribution in [0.2, 0.25) is 97.7 Å². The molecule has 19 nitrogen and oxygen atoms in total. The summed E-state index contributed by atoms with van der Waals surface area (Å²) in [5.41, 5.74) is 14.7. The van der Waals surface area contributed by atoms with Crippen molar-refractivity contribution in [2.45, 2.75) is 287 Å². The highest BCUT2D eigenvalue weighted by Gasteiger charge is 2.54. The number of ether oxygens (including phenoxy) is 9. The van der Waals surface area contributed by atoms with E-state index in [1.807, 2.05) is 35.1 Å². The van der Waals surface area contributed by atoms with Crippen molar-refractivity contribution in [2.24, 2.45) is 11.7 Å². The lowest BCUT2D eigenvalue weighted by molar-refractivity contribution is -0.148. The highest BCUT2D eigenvalue weighted by atomic mass is 35.5. The number of carbonyl (C=O) groups excluding carboxylic acids is 1. The van der Waals surface area contributed by atoms with Gasteiger partial charge in [-0.1, -0.05) is 153 Å². The fraction of sp³-hybridized carbons (Fsp3) is 0.675. The van der Waals surface area contributed by atoms with Crippen molar-refractivity contribution in [3.05, 3.63) is 81.8 Å². The van der Waals surface area contributed by atoms with Crippen LogP contribution in [0.5, 0.6) is 12.0 Å². The Morgan fingerprint density at radius 1 is 0.539 bits per heavy atom. The molecule has 0 spiro atoms. The second-order valence-electron chi connectivity index (χ2n) is 35.3. The second-order valence-corrected chi connectivity index (χ2v) is 56.9. The van der Waals surface area contributed by atoms with Gasteiger partial charge in [0.1, 0.15) is 48.9 Å². The largest absolute Gasteiger partial charge is 0.463 e. The zero-order valence-corrected chi connectivity index (χ0v) is 69.6. The Kier molecular flexibility index (Phi) is 25.0. The van der Waals surface area contributed by atoms with Crippen LogP contribution >= 0.6 is 23.2 Å². The maximum Gasteiger partial charge on any atom is 0.306 e. The Morgan fingerprint density at radius 3 is 1.26 bits per heavy atom. The molecule has 2 saturated carbocycles. The highest BCUT2D eigenvalue weighted by molar-refractivity contribution is 6.76. The maximum absolute atomic E-state index is 12.2. The van der Waals surface area contributed by atoms with Crippen LogP contribution in [0.15, 0.2) is 60.7 Å². The number of rotatable bonds is 25. The van der Waals surface area contributed by atoms with Gasteiger partial charge in [0, 0.05) is 53.0 Å². The first-order valence-electron chi connectivity index (χ1n) is 37.6. The van der Waals surface area contributed by atoms with E-state index in [1.165, 1.54) is 11.1 Å². The Hall–Kier alpha value is -4.16. The SMILES string of the molecule is CC(C)(C)[Si](C)(C)O[C@@H]1CO[C@H]2[C@@H]1OC[C@H]2Oc1nc2cc(Cl)c(-c3ccc(C4CCC(N)CC4)cc3)nc2n1COCC[Si](C)(C)C.CC(C)OC(=O)CC1CCC(c2ccc(-c3nc4c(cc3Cl)nc(O[C@@H]3CO[C@H]5[C@@H]3OC[C@H]5O[Si](C)(C)C(C)(C)C)n4COCC[Si](C)(C)C)cc2)CC1. The normalized spacial score (nSPS) is 25.8. The first-order chi connectivity index (χ1) is 48.0. The van der Waals surface area contributed by atoms with Gasteiger partial charge >= 0.3 is 18.0 Å². The monoisotopic (exact) mass is 1510 g/mol. The maximum atomic E-state index is 12.2. The van der Waals surface area contributed by atoms with Gasteiger partial charge in [0.05, 0.1) is 66.2 Å². The first-order valence-corrected chi connectivity index (χ1v) is 51.6. The summed E-state index contributed by atoms with van der Waals surface area (Å²) in [4.78, 5) is 32.2. The third kappa shape index (κ3) is 19.2. The van der Waals surface area contributed by atoms with Crippen molar-refractivity contribution in [1.82, 2.24) is 29.1 Å². The molecule has 4 aromatic heterocycles. The fourth-order valence-electron chi connectivity index (χ4n) is 14.1. The minimum Gasteiger partial charge on any atom is -0.463 e. The molecule has 0 amide bonds. The lowest BCUT2D eigenvalue weighted by Crippen LogP contribution is -2.47. The second kappa shape index (κ2) is 32.3. The number of imidazole rings is 2. The zero-order valence-electron chi connectivity index (χ0n) is 64.1. The van der Waals surface area contributed by atoms with E-state index in [4.69, 9.17) is 100 Å². The Morgan fingerprint density at radius 2 is 0.902 bits per heavy atom. The van der Waals surface area contributed by atoms with Crippen LogP contribution in [0.4, 0.5) is 0 Å². The summed E-state index contributed by atoms with van der Waals surface area (Å²) in [5, 5.41) is 1.25. The van der Waals surface area contributed by atoms with E-state index in [2.05, 4.69) is 156 Å². The van der Waals surface area contributed by atoms with Gasteiger partial charge in [-0.2, -0.15) is 9.97 Å². The fourth-order valence-corrected chi connectivity index (χ4v) is 18.7. The molecule has 6 aliphatic rings. The first kappa shape index (κ1) is 78.9. The third-order valence-electron chi connectivity index (χ3n) is 22.4. The van der Waals surface area contributed by atoms with E-state index in [0.29, 0.717) is 126 Å². The van der Waals surface area contributed by atoms with Crippen molar-refractivity contribution in [2.75, 3.05) is 39.6 Å². The topological polar surface area (TPSA) is 206 Å². The van der Waals surface area contributed by atoms with Gasteiger partial charge in [-0.3, -0.25) is 13.9 Å². The summed E-state index contributed by atoms with van der Waals surface area (Å²) >= 11 is 13.8. The van der Waals surface area contributed by atoms with Gasteiger partial charge in [0.25, 0.3) is 0 Å². The third-order valence-corrected chi connectivity index (χ3v) is 35.4.